The van der Waals surface area contributed by atoms with Gasteiger partial charge in [-0.15, -0.1) is 0 Å². The maximum atomic E-state index is 14.0. The monoisotopic (exact) mass is 531 g/mol. The third-order valence-electron chi connectivity index (χ3n) is 6.93. The van der Waals surface area contributed by atoms with E-state index in [0.29, 0.717) is 24.8 Å². The Morgan fingerprint density at radius 3 is 2.56 bits per heavy atom. The molecule has 2 aromatic rings. The van der Waals surface area contributed by atoms with Crippen LogP contribution in [0, 0.1) is 5.92 Å². The van der Waals surface area contributed by atoms with Gasteiger partial charge >= 0.3 is 5.97 Å². The summed E-state index contributed by atoms with van der Waals surface area (Å²) in [6.45, 7) is 15.9. The molecule has 2 heterocycles. The number of amides is 2. The number of pyridine rings is 1. The lowest BCUT2D eigenvalue weighted by molar-refractivity contribution is -0.141. The topological polar surface area (TPSA) is 88.6 Å². The highest BCUT2D eigenvalue weighted by Crippen LogP contribution is 2.32. The number of carbonyl (C=O) groups excluding carboxylic acids is 3. The Bertz CT molecular complexity index is 1300. The Morgan fingerprint density at radius 2 is 1.92 bits per heavy atom. The van der Waals surface area contributed by atoms with Gasteiger partial charge < -0.3 is 10.1 Å². The van der Waals surface area contributed by atoms with Gasteiger partial charge in [-0.05, 0) is 67.0 Å². The zero-order valence-electron chi connectivity index (χ0n) is 23.6. The molecule has 0 radical (unpaired) electrons. The summed E-state index contributed by atoms with van der Waals surface area (Å²) in [6, 6.07) is 8.16. The first-order valence-corrected chi connectivity index (χ1v) is 13.3. The lowest BCUT2D eigenvalue weighted by Gasteiger charge is -2.37. The van der Waals surface area contributed by atoms with Crippen molar-refractivity contribution in [1.29, 1.82) is 0 Å². The molecule has 1 aliphatic heterocycles. The van der Waals surface area contributed by atoms with Crippen LogP contribution in [0.1, 0.15) is 71.1 Å². The zero-order chi connectivity index (χ0) is 28.7. The summed E-state index contributed by atoms with van der Waals surface area (Å²) in [4.78, 5) is 45.6. The Balaban J connectivity index is 0.00000560. The maximum Gasteiger partial charge on any atom is 0.307 e. The third kappa shape index (κ3) is 7.11. The lowest BCUT2D eigenvalue weighted by Crippen LogP contribution is -2.52. The van der Waals surface area contributed by atoms with Gasteiger partial charge in [-0.25, -0.2) is 0 Å². The van der Waals surface area contributed by atoms with Crippen LogP contribution in [0.3, 0.4) is 0 Å². The number of benzene rings is 1. The molecule has 39 heavy (non-hydrogen) atoms. The summed E-state index contributed by atoms with van der Waals surface area (Å²) in [7, 11) is 1.32. The van der Waals surface area contributed by atoms with Gasteiger partial charge in [0.1, 0.15) is 6.04 Å². The summed E-state index contributed by atoms with van der Waals surface area (Å²) in [5, 5.41) is 3.06. The molecule has 1 aromatic carbocycles. The molecule has 1 aromatic heterocycles. The minimum absolute atomic E-state index is 0. The molecule has 2 atom stereocenters. The summed E-state index contributed by atoms with van der Waals surface area (Å²) < 4.78 is 4.95. The Morgan fingerprint density at radius 1 is 1.21 bits per heavy atom. The number of nitrogens with zero attached hydrogens (tertiary/aromatic N) is 2. The van der Waals surface area contributed by atoms with Crippen molar-refractivity contribution in [2.75, 3.05) is 12.0 Å². The predicted octanol–water partition coefficient (Wildman–Crippen LogP) is 5.98. The van der Waals surface area contributed by atoms with Crippen molar-refractivity contribution in [2.45, 2.75) is 65.5 Å². The smallest absolute Gasteiger partial charge is 0.307 e. The number of nitrogens with one attached hydrogen (secondary N) is 1. The van der Waals surface area contributed by atoms with Gasteiger partial charge in [0.2, 0.25) is 11.8 Å². The van der Waals surface area contributed by atoms with Crippen LogP contribution in [0.25, 0.3) is 5.57 Å². The molecule has 0 bridgehead atoms. The van der Waals surface area contributed by atoms with E-state index in [2.05, 4.69) is 23.5 Å². The van der Waals surface area contributed by atoms with Crippen LogP contribution >= 0.6 is 0 Å². The molecular formula is C32H41N3O4. The molecular weight excluding hydrogens is 490 g/mol. The summed E-state index contributed by atoms with van der Waals surface area (Å²) >= 11 is 0. The van der Waals surface area contributed by atoms with Crippen molar-refractivity contribution in [2.24, 2.45) is 5.92 Å². The summed E-state index contributed by atoms with van der Waals surface area (Å²) in [5.74, 6) is -0.731. The van der Waals surface area contributed by atoms with Crippen LogP contribution < -0.4 is 10.2 Å². The lowest BCUT2D eigenvalue weighted by atomic mass is 9.93. The number of esters is 1. The van der Waals surface area contributed by atoms with E-state index in [4.69, 9.17) is 4.74 Å². The summed E-state index contributed by atoms with van der Waals surface area (Å²) in [6.07, 6.45) is 6.49. The number of hydrogen-bond acceptors (Lipinski definition) is 5. The molecule has 0 aliphatic carbocycles. The van der Waals surface area contributed by atoms with Crippen LogP contribution in [-0.2, 0) is 25.5 Å². The minimum atomic E-state index is -0.732. The SMILES string of the molecule is C=C/C(C)=C(\C(=C)C)c1cncc([C@H](CC(=O)OC)NC(=O)C(CC(C)C)N2C(=O)CCc3ccccc32)c1.[HH]. The first kappa shape index (κ1) is 29.6. The van der Waals surface area contributed by atoms with E-state index in [9.17, 15) is 14.4 Å². The van der Waals surface area contributed by atoms with Gasteiger partial charge in [0.15, 0.2) is 0 Å². The van der Waals surface area contributed by atoms with Crippen LogP contribution in [0.2, 0.25) is 0 Å². The van der Waals surface area contributed by atoms with Crippen molar-refractivity contribution in [1.82, 2.24) is 10.3 Å². The van der Waals surface area contributed by atoms with Crippen LogP contribution in [0.5, 0.6) is 0 Å². The third-order valence-corrected chi connectivity index (χ3v) is 6.93. The van der Waals surface area contributed by atoms with E-state index in [1.54, 1.807) is 23.4 Å². The quantitative estimate of drug-likeness (QED) is 0.285. The van der Waals surface area contributed by atoms with Gasteiger partial charge in [0.25, 0.3) is 0 Å². The fourth-order valence-corrected chi connectivity index (χ4v) is 5.04. The zero-order valence-corrected chi connectivity index (χ0v) is 23.6. The highest BCUT2D eigenvalue weighted by molar-refractivity contribution is 6.03. The van der Waals surface area contributed by atoms with E-state index >= 15 is 0 Å². The number of aryl methyl sites for hydroxylation is 1. The number of rotatable bonds is 11. The predicted molar refractivity (Wildman–Crippen MR) is 157 cm³/mol. The van der Waals surface area contributed by atoms with E-state index in [0.717, 1.165) is 33.5 Å². The first-order chi connectivity index (χ1) is 18.6. The number of anilines is 1. The average Bonchev–Trinajstić information content (AvgIpc) is 2.91. The highest BCUT2D eigenvalue weighted by Gasteiger charge is 2.36. The van der Waals surface area contributed by atoms with Gasteiger partial charge in [0.05, 0.1) is 19.6 Å². The van der Waals surface area contributed by atoms with Crippen molar-refractivity contribution >= 4 is 29.0 Å². The minimum Gasteiger partial charge on any atom is -0.469 e. The number of ether oxygens (including phenoxy) is 1. The fourth-order valence-electron chi connectivity index (χ4n) is 5.04. The fraction of sp³-hybridized carbons (Fsp3) is 0.375. The van der Waals surface area contributed by atoms with E-state index in [1.165, 1.54) is 7.11 Å². The second kappa shape index (κ2) is 13.2. The first-order valence-electron chi connectivity index (χ1n) is 13.3. The van der Waals surface area contributed by atoms with E-state index in [1.807, 2.05) is 58.0 Å². The Hall–Kier alpha value is -4.00. The van der Waals surface area contributed by atoms with Crippen LogP contribution in [0.15, 0.2) is 73.1 Å². The molecule has 1 N–H and O–H groups in total. The number of hydrogen-bond donors (Lipinski definition) is 1. The Labute approximate surface area is 233 Å². The van der Waals surface area contributed by atoms with Gasteiger partial charge in [-0.2, -0.15) is 0 Å². The van der Waals surface area contributed by atoms with Gasteiger partial charge in [-0.1, -0.05) is 56.9 Å². The Kier molecular flexibility index (Phi) is 9.99. The maximum absolute atomic E-state index is 14.0. The number of aromatic nitrogens is 1. The van der Waals surface area contributed by atoms with E-state index < -0.39 is 18.1 Å². The molecule has 7 heteroatoms. The number of para-hydroxylation sites is 1. The standard InChI is InChI=1S/C32H39N3O4.H2/c1-8-22(6)31(21(4)5)25-16-24(18-33-19-25)26(17-30(37)39-7)34-32(38)28(15-20(2)3)35-27-12-10-9-11-23(27)13-14-29(35)36;/h8-12,16,18-20,26,28H,1,4,13-15,17H2,2-3,5-7H3,(H,34,38);1H/b31-22+;/t26-,28?;/m0./s1. The van der Waals surface area contributed by atoms with Crippen LogP contribution in [-0.4, -0.2) is 35.9 Å². The van der Waals surface area contributed by atoms with Gasteiger partial charge in [-0.3, -0.25) is 24.3 Å². The molecule has 7 nitrogen and oxygen atoms in total. The van der Waals surface area contributed by atoms with Crippen molar-refractivity contribution < 1.29 is 20.5 Å². The molecule has 2 amide bonds. The molecule has 0 saturated heterocycles. The molecule has 0 saturated carbocycles. The number of carbonyl (C=O) groups is 3. The average molecular weight is 532 g/mol. The number of allylic oxidation sites excluding steroid dienone is 4. The molecule has 208 valence electrons. The second-order valence-corrected chi connectivity index (χ2v) is 10.4. The number of fused-ring (bicyclic) bond motifs is 1. The molecule has 3 rings (SSSR count). The molecule has 0 fully saturated rings. The largest absolute Gasteiger partial charge is 0.469 e. The van der Waals surface area contributed by atoms with Gasteiger partial charge in [0, 0.05) is 31.5 Å². The van der Waals surface area contributed by atoms with Crippen molar-refractivity contribution in [3.05, 3.63) is 89.8 Å². The highest BCUT2D eigenvalue weighted by atomic mass is 16.5. The molecule has 0 spiro atoms. The van der Waals surface area contributed by atoms with Crippen molar-refractivity contribution in [3.63, 3.8) is 0 Å². The normalized spacial score (nSPS) is 15.1. The number of methoxy groups -OCH3 is 1. The van der Waals surface area contributed by atoms with E-state index in [-0.39, 0.29) is 25.6 Å². The van der Waals surface area contributed by atoms with Crippen LogP contribution in [0.4, 0.5) is 5.69 Å². The molecule has 1 unspecified atom stereocenters. The van der Waals surface area contributed by atoms with Crippen molar-refractivity contribution in [3.8, 4) is 0 Å². The second-order valence-electron chi connectivity index (χ2n) is 10.4. The summed E-state index contributed by atoms with van der Waals surface area (Å²) in [5.41, 5.74) is 5.94. The molecule has 1 aliphatic rings.